The molecule has 0 spiro atoms. The number of carboxylic acids is 1. The van der Waals surface area contributed by atoms with Crippen LogP contribution < -0.4 is 5.32 Å². The van der Waals surface area contributed by atoms with E-state index in [9.17, 15) is 9.59 Å². The molecule has 2 unspecified atom stereocenters. The largest absolute Gasteiger partial charge is 0.480 e. The molecule has 5 heteroatoms. The summed E-state index contributed by atoms with van der Waals surface area (Å²) in [7, 11) is 0. The molecule has 1 rings (SSSR count). The van der Waals surface area contributed by atoms with Gasteiger partial charge in [0.15, 0.2) is 0 Å². The van der Waals surface area contributed by atoms with E-state index >= 15 is 0 Å². The Labute approximate surface area is 115 Å². The number of nitrogens with zero attached hydrogens (tertiary/aromatic N) is 1. The number of amides is 1. The zero-order valence-electron chi connectivity index (χ0n) is 12.2. The van der Waals surface area contributed by atoms with Crippen molar-refractivity contribution >= 4 is 11.9 Å². The first kappa shape index (κ1) is 16.0. The lowest BCUT2D eigenvalue weighted by Crippen LogP contribution is -2.48. The van der Waals surface area contributed by atoms with Crippen molar-refractivity contribution in [3.63, 3.8) is 0 Å². The van der Waals surface area contributed by atoms with E-state index in [1.807, 2.05) is 13.8 Å². The molecule has 0 aromatic rings. The van der Waals surface area contributed by atoms with Crippen molar-refractivity contribution in [1.82, 2.24) is 10.2 Å². The Morgan fingerprint density at radius 2 is 1.89 bits per heavy atom. The van der Waals surface area contributed by atoms with Crippen molar-refractivity contribution in [3.05, 3.63) is 0 Å². The molecule has 1 amide bonds. The fourth-order valence-electron chi connectivity index (χ4n) is 2.56. The number of carbonyl (C=O) groups is 2. The molecule has 0 aromatic heterocycles. The third-order valence-electron chi connectivity index (χ3n) is 3.87. The summed E-state index contributed by atoms with van der Waals surface area (Å²) in [6.45, 7) is 6.04. The molecule has 1 saturated carbocycles. The summed E-state index contributed by atoms with van der Waals surface area (Å²) < 4.78 is 0. The van der Waals surface area contributed by atoms with E-state index in [-0.39, 0.29) is 31.1 Å². The third kappa shape index (κ3) is 5.59. The second kappa shape index (κ2) is 7.48. The molecule has 0 saturated heterocycles. The minimum absolute atomic E-state index is 0.0469. The van der Waals surface area contributed by atoms with Crippen LogP contribution in [0.15, 0.2) is 0 Å². The molecule has 1 aliphatic rings. The lowest BCUT2D eigenvalue weighted by atomic mass is 9.86. The van der Waals surface area contributed by atoms with Gasteiger partial charge < -0.3 is 10.4 Å². The molecule has 110 valence electrons. The molecule has 2 N–H and O–H groups in total. The monoisotopic (exact) mass is 270 g/mol. The summed E-state index contributed by atoms with van der Waals surface area (Å²) in [5.74, 6) is -0.439. The van der Waals surface area contributed by atoms with Crippen LogP contribution in [0.3, 0.4) is 0 Å². The SMILES string of the molecule is CC1CCCCC1NC(=O)CN(CC(=O)O)C(C)C. The van der Waals surface area contributed by atoms with Crippen molar-refractivity contribution in [2.24, 2.45) is 5.92 Å². The minimum atomic E-state index is -0.896. The first-order valence-electron chi connectivity index (χ1n) is 7.15. The number of aliphatic carboxylic acids is 1. The summed E-state index contributed by atoms with van der Waals surface area (Å²) in [5, 5.41) is 11.9. The molecule has 19 heavy (non-hydrogen) atoms. The number of carboxylic acid groups (broad SMARTS) is 1. The van der Waals surface area contributed by atoms with Crippen LogP contribution in [-0.2, 0) is 9.59 Å². The van der Waals surface area contributed by atoms with Gasteiger partial charge in [0.1, 0.15) is 0 Å². The van der Waals surface area contributed by atoms with Crippen LogP contribution in [0.1, 0.15) is 46.5 Å². The fraction of sp³-hybridized carbons (Fsp3) is 0.857. The van der Waals surface area contributed by atoms with Gasteiger partial charge in [-0.3, -0.25) is 14.5 Å². The number of carbonyl (C=O) groups excluding carboxylic acids is 1. The predicted octanol–water partition coefficient (Wildman–Crippen LogP) is 1.48. The highest BCUT2D eigenvalue weighted by Crippen LogP contribution is 2.23. The highest BCUT2D eigenvalue weighted by molar-refractivity contribution is 5.79. The van der Waals surface area contributed by atoms with Crippen molar-refractivity contribution in [2.75, 3.05) is 13.1 Å². The van der Waals surface area contributed by atoms with Gasteiger partial charge in [-0.25, -0.2) is 0 Å². The van der Waals surface area contributed by atoms with E-state index in [1.54, 1.807) is 4.90 Å². The average Bonchev–Trinajstić information content (AvgIpc) is 2.30. The molecule has 0 aromatic carbocycles. The van der Waals surface area contributed by atoms with E-state index < -0.39 is 5.97 Å². The molecule has 2 atom stereocenters. The van der Waals surface area contributed by atoms with E-state index in [1.165, 1.54) is 6.42 Å². The van der Waals surface area contributed by atoms with Gasteiger partial charge in [-0.2, -0.15) is 0 Å². The topological polar surface area (TPSA) is 69.6 Å². The Morgan fingerprint density at radius 1 is 1.26 bits per heavy atom. The molecule has 1 fully saturated rings. The van der Waals surface area contributed by atoms with Crippen LogP contribution in [0.4, 0.5) is 0 Å². The Hall–Kier alpha value is -1.10. The minimum Gasteiger partial charge on any atom is -0.480 e. The van der Waals surface area contributed by atoms with E-state index in [4.69, 9.17) is 5.11 Å². The molecule has 0 bridgehead atoms. The zero-order chi connectivity index (χ0) is 14.4. The van der Waals surface area contributed by atoms with Crippen molar-refractivity contribution in [2.45, 2.75) is 58.5 Å². The summed E-state index contributed by atoms with van der Waals surface area (Å²) in [5.41, 5.74) is 0. The summed E-state index contributed by atoms with van der Waals surface area (Å²) >= 11 is 0. The van der Waals surface area contributed by atoms with Crippen LogP contribution in [0.5, 0.6) is 0 Å². The maximum Gasteiger partial charge on any atom is 0.317 e. The van der Waals surface area contributed by atoms with E-state index in [0.717, 1.165) is 19.3 Å². The Bertz CT molecular complexity index is 318. The van der Waals surface area contributed by atoms with Gasteiger partial charge in [0.05, 0.1) is 13.1 Å². The van der Waals surface area contributed by atoms with E-state index in [0.29, 0.717) is 5.92 Å². The smallest absolute Gasteiger partial charge is 0.317 e. The van der Waals surface area contributed by atoms with Gasteiger partial charge in [-0.1, -0.05) is 19.8 Å². The Morgan fingerprint density at radius 3 is 2.42 bits per heavy atom. The average molecular weight is 270 g/mol. The number of nitrogens with one attached hydrogen (secondary N) is 1. The third-order valence-corrected chi connectivity index (χ3v) is 3.87. The van der Waals surface area contributed by atoms with Gasteiger partial charge in [0.25, 0.3) is 0 Å². The lowest BCUT2D eigenvalue weighted by Gasteiger charge is -2.31. The normalized spacial score (nSPS) is 23.6. The van der Waals surface area contributed by atoms with Gasteiger partial charge in [-0.05, 0) is 32.6 Å². The zero-order valence-corrected chi connectivity index (χ0v) is 12.2. The Kier molecular flexibility index (Phi) is 6.28. The first-order valence-corrected chi connectivity index (χ1v) is 7.15. The maximum absolute atomic E-state index is 12.0. The highest BCUT2D eigenvalue weighted by Gasteiger charge is 2.24. The van der Waals surface area contributed by atoms with Crippen LogP contribution in [-0.4, -0.2) is 47.1 Å². The second-order valence-electron chi connectivity index (χ2n) is 5.83. The predicted molar refractivity (Wildman–Crippen MR) is 73.9 cm³/mol. The van der Waals surface area contributed by atoms with Gasteiger partial charge >= 0.3 is 5.97 Å². The van der Waals surface area contributed by atoms with Crippen molar-refractivity contribution < 1.29 is 14.7 Å². The molecular formula is C14H26N2O3. The molecule has 0 heterocycles. The quantitative estimate of drug-likeness (QED) is 0.767. The highest BCUT2D eigenvalue weighted by atomic mass is 16.4. The maximum atomic E-state index is 12.0. The summed E-state index contributed by atoms with van der Waals surface area (Å²) in [6, 6.07) is 0.297. The number of rotatable bonds is 6. The number of hydrogen-bond acceptors (Lipinski definition) is 3. The summed E-state index contributed by atoms with van der Waals surface area (Å²) in [6.07, 6.45) is 4.60. The Balaban J connectivity index is 2.45. The second-order valence-corrected chi connectivity index (χ2v) is 5.83. The molecule has 0 radical (unpaired) electrons. The van der Waals surface area contributed by atoms with Gasteiger partial charge in [-0.15, -0.1) is 0 Å². The van der Waals surface area contributed by atoms with Crippen LogP contribution in [0, 0.1) is 5.92 Å². The van der Waals surface area contributed by atoms with Crippen molar-refractivity contribution in [1.29, 1.82) is 0 Å². The fourth-order valence-corrected chi connectivity index (χ4v) is 2.56. The molecule has 5 nitrogen and oxygen atoms in total. The first-order chi connectivity index (χ1) is 8.90. The van der Waals surface area contributed by atoms with Gasteiger partial charge in [0, 0.05) is 12.1 Å². The molecule has 1 aliphatic carbocycles. The molecular weight excluding hydrogens is 244 g/mol. The number of hydrogen-bond donors (Lipinski definition) is 2. The standard InChI is InChI=1S/C14H26N2O3/c1-10(2)16(9-14(18)19)8-13(17)15-12-7-5-4-6-11(12)3/h10-12H,4-9H2,1-3H3,(H,15,17)(H,18,19). The molecule has 0 aliphatic heterocycles. The van der Waals surface area contributed by atoms with Gasteiger partial charge in [0.2, 0.25) is 5.91 Å². The van der Waals surface area contributed by atoms with Crippen LogP contribution in [0.25, 0.3) is 0 Å². The van der Waals surface area contributed by atoms with Crippen LogP contribution in [0.2, 0.25) is 0 Å². The van der Waals surface area contributed by atoms with Crippen LogP contribution >= 0.6 is 0 Å². The lowest BCUT2D eigenvalue weighted by molar-refractivity contribution is -0.139. The summed E-state index contributed by atoms with van der Waals surface area (Å²) in [4.78, 5) is 24.4. The van der Waals surface area contributed by atoms with Crippen molar-refractivity contribution in [3.8, 4) is 0 Å². The van der Waals surface area contributed by atoms with E-state index in [2.05, 4.69) is 12.2 Å².